The Morgan fingerprint density at radius 3 is 2.19 bits per heavy atom. The Morgan fingerprint density at radius 1 is 0.905 bits per heavy atom. The van der Waals surface area contributed by atoms with Crippen LogP contribution in [0.5, 0.6) is 23.0 Å². The number of carbonyl (C=O) groups is 1. The normalized spacial score (nSPS) is 10.0. The molecular formula is C16H16O5. The van der Waals surface area contributed by atoms with Crippen LogP contribution in [0.3, 0.4) is 0 Å². The zero-order valence-corrected chi connectivity index (χ0v) is 12.0. The molecule has 0 fully saturated rings. The van der Waals surface area contributed by atoms with Gasteiger partial charge in [0.05, 0.1) is 26.9 Å². The molecule has 0 saturated carbocycles. The molecule has 0 spiro atoms. The van der Waals surface area contributed by atoms with E-state index in [1.807, 2.05) is 0 Å². The number of ketones is 1. The van der Waals surface area contributed by atoms with Crippen LogP contribution in [-0.4, -0.2) is 32.2 Å². The summed E-state index contributed by atoms with van der Waals surface area (Å²) in [6, 6.07) is 9.37. The van der Waals surface area contributed by atoms with E-state index in [2.05, 4.69) is 0 Å². The molecule has 2 aromatic rings. The van der Waals surface area contributed by atoms with Gasteiger partial charge < -0.3 is 19.3 Å². The lowest BCUT2D eigenvalue weighted by Gasteiger charge is -2.10. The van der Waals surface area contributed by atoms with Gasteiger partial charge in [-0.1, -0.05) is 0 Å². The Kier molecular flexibility index (Phi) is 4.33. The Morgan fingerprint density at radius 2 is 1.62 bits per heavy atom. The molecule has 0 aliphatic rings. The first kappa shape index (κ1) is 14.7. The molecule has 0 saturated heterocycles. The van der Waals surface area contributed by atoms with Gasteiger partial charge in [0.25, 0.3) is 0 Å². The zero-order chi connectivity index (χ0) is 15.4. The van der Waals surface area contributed by atoms with Gasteiger partial charge in [0.15, 0.2) is 17.3 Å². The first-order chi connectivity index (χ1) is 10.1. The maximum absolute atomic E-state index is 12.4. The van der Waals surface area contributed by atoms with Crippen LogP contribution in [0.25, 0.3) is 0 Å². The number of phenolic OH excluding ortho intramolecular Hbond substituents is 1. The van der Waals surface area contributed by atoms with Crippen molar-refractivity contribution < 1.29 is 24.1 Å². The monoisotopic (exact) mass is 288 g/mol. The van der Waals surface area contributed by atoms with E-state index in [0.717, 1.165) is 0 Å². The number of hydrogen-bond acceptors (Lipinski definition) is 5. The van der Waals surface area contributed by atoms with E-state index in [1.165, 1.54) is 33.5 Å². The number of phenols is 1. The van der Waals surface area contributed by atoms with Gasteiger partial charge in [-0.25, -0.2) is 0 Å². The summed E-state index contributed by atoms with van der Waals surface area (Å²) in [5.74, 6) is 1.03. The van der Waals surface area contributed by atoms with Crippen LogP contribution in [0.4, 0.5) is 0 Å². The smallest absolute Gasteiger partial charge is 0.196 e. The third kappa shape index (κ3) is 2.91. The van der Waals surface area contributed by atoms with Gasteiger partial charge in [0, 0.05) is 11.6 Å². The largest absolute Gasteiger partial charge is 0.507 e. The van der Waals surface area contributed by atoms with E-state index >= 15 is 0 Å². The van der Waals surface area contributed by atoms with Crippen LogP contribution in [0.15, 0.2) is 36.4 Å². The van der Waals surface area contributed by atoms with E-state index in [-0.39, 0.29) is 17.1 Å². The molecule has 1 N–H and O–H groups in total. The van der Waals surface area contributed by atoms with Gasteiger partial charge >= 0.3 is 0 Å². The van der Waals surface area contributed by atoms with Crippen molar-refractivity contribution in [2.24, 2.45) is 0 Å². The lowest BCUT2D eigenvalue weighted by atomic mass is 10.0. The van der Waals surface area contributed by atoms with E-state index < -0.39 is 0 Å². The van der Waals surface area contributed by atoms with Crippen LogP contribution < -0.4 is 14.2 Å². The quantitative estimate of drug-likeness (QED) is 0.857. The minimum absolute atomic E-state index is 0.130. The second-order valence-electron chi connectivity index (χ2n) is 4.28. The van der Waals surface area contributed by atoms with Crippen molar-refractivity contribution in [2.45, 2.75) is 0 Å². The average molecular weight is 288 g/mol. The Hall–Kier alpha value is -2.69. The van der Waals surface area contributed by atoms with Crippen molar-refractivity contribution in [3.05, 3.63) is 47.5 Å². The number of benzene rings is 2. The molecule has 0 aliphatic heterocycles. The molecule has 0 aliphatic carbocycles. The summed E-state index contributed by atoms with van der Waals surface area (Å²) in [4.78, 5) is 12.4. The lowest BCUT2D eigenvalue weighted by molar-refractivity contribution is 0.103. The number of methoxy groups -OCH3 is 3. The van der Waals surface area contributed by atoms with Gasteiger partial charge in [-0.15, -0.1) is 0 Å². The number of rotatable bonds is 5. The summed E-state index contributed by atoms with van der Waals surface area (Å²) in [6.07, 6.45) is 0. The van der Waals surface area contributed by atoms with Gasteiger partial charge in [0.2, 0.25) is 0 Å². The highest BCUT2D eigenvalue weighted by Crippen LogP contribution is 2.30. The van der Waals surface area contributed by atoms with Crippen molar-refractivity contribution in [3.63, 3.8) is 0 Å². The summed E-state index contributed by atoms with van der Waals surface area (Å²) in [7, 11) is 4.51. The fourth-order valence-electron chi connectivity index (χ4n) is 1.96. The second-order valence-corrected chi connectivity index (χ2v) is 4.28. The van der Waals surface area contributed by atoms with Crippen LogP contribution in [0.2, 0.25) is 0 Å². The predicted octanol–water partition coefficient (Wildman–Crippen LogP) is 2.65. The molecule has 5 heteroatoms. The molecule has 5 nitrogen and oxygen atoms in total. The first-order valence-electron chi connectivity index (χ1n) is 6.24. The fourth-order valence-corrected chi connectivity index (χ4v) is 1.96. The Bertz CT molecular complexity index is 664. The molecule has 21 heavy (non-hydrogen) atoms. The molecule has 0 aromatic heterocycles. The molecular weight excluding hydrogens is 272 g/mol. The summed E-state index contributed by atoms with van der Waals surface area (Å²) in [5.41, 5.74) is 0.594. The number of hydrogen-bond donors (Lipinski definition) is 1. The fraction of sp³-hybridized carbons (Fsp3) is 0.188. The van der Waals surface area contributed by atoms with Crippen LogP contribution in [-0.2, 0) is 0 Å². The third-order valence-electron chi connectivity index (χ3n) is 3.10. The Balaban J connectivity index is 2.40. The van der Waals surface area contributed by atoms with Crippen molar-refractivity contribution in [2.75, 3.05) is 21.3 Å². The molecule has 0 amide bonds. The minimum atomic E-state index is -0.309. The van der Waals surface area contributed by atoms with Crippen LogP contribution >= 0.6 is 0 Å². The zero-order valence-electron chi connectivity index (χ0n) is 12.0. The minimum Gasteiger partial charge on any atom is -0.507 e. The topological polar surface area (TPSA) is 65.0 Å². The van der Waals surface area contributed by atoms with Gasteiger partial charge in [-0.05, 0) is 30.3 Å². The lowest BCUT2D eigenvalue weighted by Crippen LogP contribution is -2.03. The van der Waals surface area contributed by atoms with E-state index in [0.29, 0.717) is 22.8 Å². The summed E-state index contributed by atoms with van der Waals surface area (Å²) >= 11 is 0. The molecule has 110 valence electrons. The third-order valence-corrected chi connectivity index (χ3v) is 3.10. The molecule has 0 atom stereocenters. The molecule has 0 radical (unpaired) electrons. The molecule has 2 rings (SSSR count). The summed E-state index contributed by atoms with van der Waals surface area (Å²) in [5, 5.41) is 9.92. The summed E-state index contributed by atoms with van der Waals surface area (Å²) in [6.45, 7) is 0. The molecule has 0 heterocycles. The van der Waals surface area contributed by atoms with E-state index in [9.17, 15) is 9.90 Å². The van der Waals surface area contributed by atoms with Gasteiger partial charge in [0.1, 0.15) is 11.5 Å². The second kappa shape index (κ2) is 6.17. The van der Waals surface area contributed by atoms with Crippen molar-refractivity contribution in [3.8, 4) is 23.0 Å². The first-order valence-corrected chi connectivity index (χ1v) is 6.24. The van der Waals surface area contributed by atoms with Crippen molar-refractivity contribution in [1.82, 2.24) is 0 Å². The van der Waals surface area contributed by atoms with Crippen molar-refractivity contribution in [1.29, 1.82) is 0 Å². The standard InChI is InChI=1S/C16H16O5/c1-19-11-5-6-12(13(17)9-11)16(18)10-4-7-14(20-2)15(8-10)21-3/h4-9,17H,1-3H3. The maximum Gasteiger partial charge on any atom is 0.196 e. The predicted molar refractivity (Wildman–Crippen MR) is 77.6 cm³/mol. The highest BCUT2D eigenvalue weighted by Gasteiger charge is 2.16. The highest BCUT2D eigenvalue weighted by molar-refractivity contribution is 6.11. The number of ether oxygens (including phenoxy) is 3. The molecule has 0 bridgehead atoms. The van der Waals surface area contributed by atoms with E-state index in [1.54, 1.807) is 24.3 Å². The Labute approximate surface area is 122 Å². The summed E-state index contributed by atoms with van der Waals surface area (Å²) < 4.78 is 15.3. The van der Waals surface area contributed by atoms with Crippen molar-refractivity contribution >= 4 is 5.78 Å². The van der Waals surface area contributed by atoms with Crippen LogP contribution in [0, 0.1) is 0 Å². The molecule has 0 unspecified atom stereocenters. The number of carbonyl (C=O) groups excluding carboxylic acids is 1. The highest BCUT2D eigenvalue weighted by atomic mass is 16.5. The molecule has 2 aromatic carbocycles. The van der Waals surface area contributed by atoms with Crippen LogP contribution in [0.1, 0.15) is 15.9 Å². The van der Waals surface area contributed by atoms with Gasteiger partial charge in [-0.3, -0.25) is 4.79 Å². The average Bonchev–Trinajstić information content (AvgIpc) is 2.53. The van der Waals surface area contributed by atoms with E-state index in [4.69, 9.17) is 14.2 Å². The number of aromatic hydroxyl groups is 1. The van der Waals surface area contributed by atoms with Gasteiger partial charge in [-0.2, -0.15) is 0 Å². The maximum atomic E-state index is 12.4. The SMILES string of the molecule is COc1ccc(C(=O)c2ccc(OC)c(OC)c2)c(O)c1.